The van der Waals surface area contributed by atoms with E-state index in [1.54, 1.807) is 0 Å². The predicted octanol–water partition coefficient (Wildman–Crippen LogP) is 3.94. The fourth-order valence-electron chi connectivity index (χ4n) is 5.20. The molecular weight excluding hydrogens is 300 g/mol. The van der Waals surface area contributed by atoms with E-state index >= 15 is 0 Å². The number of piperazine rings is 1. The Bertz CT molecular complexity index is 458. The van der Waals surface area contributed by atoms with Crippen molar-refractivity contribution in [3.63, 3.8) is 0 Å². The van der Waals surface area contributed by atoms with E-state index in [2.05, 4.69) is 66.9 Å². The third kappa shape index (κ3) is 2.95. The van der Waals surface area contributed by atoms with E-state index < -0.39 is 16.3 Å². The molecule has 0 aromatic heterocycles. The maximum Gasteiger partial charge on any atom is 0.126 e. The van der Waals surface area contributed by atoms with Gasteiger partial charge in [0.15, 0.2) is 0 Å². The quantitative estimate of drug-likeness (QED) is 0.787. The molecule has 1 saturated carbocycles. The van der Waals surface area contributed by atoms with Crippen molar-refractivity contribution in [3.8, 4) is 0 Å². The molecule has 3 aliphatic rings. The smallest absolute Gasteiger partial charge is 0.126 e. The highest BCUT2D eigenvalue weighted by Crippen LogP contribution is 2.58. The highest BCUT2D eigenvalue weighted by molar-refractivity contribution is 6.79. The molecule has 1 heterocycles. The van der Waals surface area contributed by atoms with Crippen molar-refractivity contribution in [2.75, 3.05) is 26.2 Å². The first-order valence-corrected chi connectivity index (χ1v) is 15.7. The molecule has 1 aliphatic heterocycles. The van der Waals surface area contributed by atoms with Crippen molar-refractivity contribution >= 4 is 16.3 Å². The van der Waals surface area contributed by atoms with Crippen molar-refractivity contribution in [1.82, 2.24) is 9.88 Å². The number of rotatable bonds is 3. The molecule has 0 amide bonds. The van der Waals surface area contributed by atoms with Gasteiger partial charge in [0, 0.05) is 34.3 Å². The molecule has 0 spiro atoms. The van der Waals surface area contributed by atoms with Crippen molar-refractivity contribution in [1.29, 1.82) is 0 Å². The summed E-state index contributed by atoms with van der Waals surface area (Å²) in [6.45, 7) is 18.0. The second kappa shape index (κ2) is 6.04. The average Bonchev–Trinajstić information content (AvgIpc) is 2.88. The van der Waals surface area contributed by atoms with E-state index in [9.17, 15) is 0 Å². The molecule has 1 saturated heterocycles. The van der Waals surface area contributed by atoms with Gasteiger partial charge in [0.1, 0.15) is 8.24 Å². The summed E-state index contributed by atoms with van der Waals surface area (Å²) >= 11 is 0. The number of nitrogens with zero attached hydrogens (tertiary/aromatic N) is 1. The lowest BCUT2D eigenvalue weighted by molar-refractivity contribution is 0.347. The monoisotopic (exact) mass is 334 g/mol. The fraction of sp³-hybridized carbons (Fsp3) is 0.778. The summed E-state index contributed by atoms with van der Waals surface area (Å²) in [5, 5.41) is 3.53. The van der Waals surface area contributed by atoms with Crippen LogP contribution in [0.25, 0.3) is 0 Å². The van der Waals surface area contributed by atoms with Crippen molar-refractivity contribution in [3.05, 3.63) is 24.3 Å². The molecule has 2 nitrogen and oxygen atoms in total. The van der Waals surface area contributed by atoms with Crippen LogP contribution in [0.4, 0.5) is 0 Å². The van der Waals surface area contributed by atoms with Crippen LogP contribution in [0.15, 0.2) is 24.3 Å². The first-order valence-electron chi connectivity index (χ1n) is 9.12. The molecule has 0 radical (unpaired) electrons. The van der Waals surface area contributed by atoms with E-state index in [4.69, 9.17) is 0 Å². The van der Waals surface area contributed by atoms with Crippen molar-refractivity contribution in [2.24, 2.45) is 11.8 Å². The average molecular weight is 335 g/mol. The van der Waals surface area contributed by atoms with Crippen LogP contribution in [0.2, 0.25) is 43.8 Å². The second-order valence-corrected chi connectivity index (χ2v) is 19.3. The van der Waals surface area contributed by atoms with Crippen LogP contribution in [-0.2, 0) is 0 Å². The summed E-state index contributed by atoms with van der Waals surface area (Å²) in [5.41, 5.74) is 1.91. The molecule has 3 rings (SSSR count). The molecule has 22 heavy (non-hydrogen) atoms. The maximum atomic E-state index is 3.53. The highest BCUT2D eigenvalue weighted by atomic mass is 28.3. The first kappa shape index (κ1) is 16.7. The zero-order chi connectivity index (χ0) is 16.0. The van der Waals surface area contributed by atoms with Gasteiger partial charge in [-0.25, -0.2) is 0 Å². The van der Waals surface area contributed by atoms with Gasteiger partial charge in [0.25, 0.3) is 0 Å². The maximum absolute atomic E-state index is 3.53. The first-order chi connectivity index (χ1) is 10.3. The SMILES string of the molecule is C[Si](C)(C)[C@H]1CC([Si](C)(C)N2CCNCC2)C2C=CC=CC21. The Morgan fingerprint density at radius 2 is 1.41 bits per heavy atom. The zero-order valence-electron chi connectivity index (χ0n) is 15.1. The Labute approximate surface area is 139 Å². The summed E-state index contributed by atoms with van der Waals surface area (Å²) < 4.78 is 2.89. The Hall–Kier alpha value is -0.166. The van der Waals surface area contributed by atoms with Crippen molar-refractivity contribution in [2.45, 2.75) is 50.2 Å². The molecule has 4 heteroatoms. The zero-order valence-corrected chi connectivity index (χ0v) is 17.1. The molecule has 124 valence electrons. The molecule has 2 fully saturated rings. The summed E-state index contributed by atoms with van der Waals surface area (Å²) in [7, 11) is -2.46. The highest BCUT2D eigenvalue weighted by Gasteiger charge is 2.53. The van der Waals surface area contributed by atoms with Gasteiger partial charge >= 0.3 is 0 Å². The summed E-state index contributed by atoms with van der Waals surface area (Å²) in [6, 6.07) is 0. The van der Waals surface area contributed by atoms with Crippen LogP contribution in [0.1, 0.15) is 6.42 Å². The number of allylic oxidation sites excluding steroid dienone is 4. The van der Waals surface area contributed by atoms with Crippen LogP contribution in [0.3, 0.4) is 0 Å². The minimum atomic E-state index is -1.37. The third-order valence-corrected chi connectivity index (χ3v) is 14.0. The fourth-order valence-corrected chi connectivity index (χ4v) is 11.8. The predicted molar refractivity (Wildman–Crippen MR) is 103 cm³/mol. The van der Waals surface area contributed by atoms with Gasteiger partial charge in [-0.2, -0.15) is 0 Å². The minimum Gasteiger partial charge on any atom is -0.321 e. The Morgan fingerprint density at radius 1 is 0.864 bits per heavy atom. The van der Waals surface area contributed by atoms with E-state index in [0.717, 1.165) is 22.9 Å². The Balaban J connectivity index is 1.86. The normalized spacial score (nSPS) is 36.6. The van der Waals surface area contributed by atoms with Gasteiger partial charge in [0.2, 0.25) is 0 Å². The van der Waals surface area contributed by atoms with E-state index in [1.165, 1.54) is 32.6 Å². The standard InChI is InChI=1S/C18H34N2Si2/c1-21(2,3)17-14-18(16-9-7-6-8-15(16)17)22(4,5)20-12-10-19-11-13-20/h6-9,15-19H,10-14H2,1-5H3/t15?,16?,17-,18?/m0/s1. The van der Waals surface area contributed by atoms with Crippen molar-refractivity contribution < 1.29 is 0 Å². The topological polar surface area (TPSA) is 15.3 Å². The van der Waals surface area contributed by atoms with Gasteiger partial charge in [-0.05, 0) is 22.9 Å². The summed E-state index contributed by atoms with van der Waals surface area (Å²) in [6.07, 6.45) is 11.2. The number of nitrogens with one attached hydrogen (secondary N) is 1. The van der Waals surface area contributed by atoms with Gasteiger partial charge in [0.05, 0.1) is 0 Å². The summed E-state index contributed by atoms with van der Waals surface area (Å²) in [4.78, 5) is 0. The van der Waals surface area contributed by atoms with Gasteiger partial charge in [-0.1, -0.05) is 63.5 Å². The molecule has 0 bridgehead atoms. The van der Waals surface area contributed by atoms with Crippen LogP contribution in [0.5, 0.6) is 0 Å². The Morgan fingerprint density at radius 3 is 1.95 bits per heavy atom. The largest absolute Gasteiger partial charge is 0.321 e. The van der Waals surface area contributed by atoms with Crippen LogP contribution in [-0.4, -0.2) is 47.1 Å². The van der Waals surface area contributed by atoms with Crippen LogP contribution in [0, 0.1) is 11.8 Å². The van der Waals surface area contributed by atoms with E-state index in [1.807, 2.05) is 0 Å². The number of hydrogen-bond acceptors (Lipinski definition) is 2. The van der Waals surface area contributed by atoms with E-state index in [-0.39, 0.29) is 0 Å². The minimum absolute atomic E-state index is 0.818. The lowest BCUT2D eigenvalue weighted by Crippen LogP contribution is -2.59. The lowest BCUT2D eigenvalue weighted by atomic mass is 9.91. The molecule has 4 atom stereocenters. The number of hydrogen-bond donors (Lipinski definition) is 1. The lowest BCUT2D eigenvalue weighted by Gasteiger charge is -2.45. The van der Waals surface area contributed by atoms with Gasteiger partial charge in [-0.15, -0.1) is 0 Å². The molecule has 1 N–H and O–H groups in total. The second-order valence-electron chi connectivity index (χ2n) is 9.13. The van der Waals surface area contributed by atoms with Crippen LogP contribution < -0.4 is 5.32 Å². The number of fused-ring (bicyclic) bond motifs is 1. The Kier molecular flexibility index (Phi) is 4.58. The van der Waals surface area contributed by atoms with Crippen LogP contribution >= 0.6 is 0 Å². The summed E-state index contributed by atoms with van der Waals surface area (Å²) in [5.74, 6) is 1.65. The molecule has 2 aliphatic carbocycles. The molecule has 0 aromatic carbocycles. The van der Waals surface area contributed by atoms with E-state index in [0.29, 0.717) is 0 Å². The molecular formula is C18H34N2Si2. The third-order valence-electron chi connectivity index (χ3n) is 6.61. The van der Waals surface area contributed by atoms with Gasteiger partial charge in [-0.3, -0.25) is 0 Å². The molecule has 3 unspecified atom stereocenters. The van der Waals surface area contributed by atoms with Gasteiger partial charge < -0.3 is 9.88 Å². The molecule has 0 aromatic rings.